The molecule has 0 fully saturated rings. The van der Waals surface area contributed by atoms with Gasteiger partial charge in [0.2, 0.25) is 0 Å². The van der Waals surface area contributed by atoms with Crippen LogP contribution in [0.4, 0.5) is 0 Å². The minimum Gasteiger partial charge on any atom is -0.370 e. The molecular weight excluding hydrogens is 208 g/mol. The smallest absolute Gasteiger partial charge is 0.0800 e. The lowest BCUT2D eigenvalue weighted by molar-refractivity contribution is 0.00112. The predicted molar refractivity (Wildman–Crippen MR) is 72.1 cm³/mol. The number of ether oxygens (including phenoxy) is 1. The first-order chi connectivity index (χ1) is 8.38. The van der Waals surface area contributed by atoms with Crippen LogP contribution in [-0.4, -0.2) is 12.2 Å². The Kier molecular flexibility index (Phi) is 4.81. The van der Waals surface area contributed by atoms with Crippen molar-refractivity contribution in [3.05, 3.63) is 48.0 Å². The first kappa shape index (κ1) is 12.4. The lowest BCUT2D eigenvalue weighted by Gasteiger charge is -2.26. The van der Waals surface area contributed by atoms with Crippen molar-refractivity contribution in [1.29, 1.82) is 0 Å². The lowest BCUT2D eigenvalue weighted by Crippen LogP contribution is -2.25. The Labute approximate surface area is 104 Å². The maximum absolute atomic E-state index is 6.11. The van der Waals surface area contributed by atoms with Crippen molar-refractivity contribution in [2.24, 2.45) is 0 Å². The molecule has 0 amide bonds. The fraction of sp³-hybridized carbons (Fsp3) is 0.500. The number of hydrogen-bond donors (Lipinski definition) is 0. The zero-order chi connectivity index (χ0) is 11.9. The molecule has 1 aliphatic rings. The van der Waals surface area contributed by atoms with Gasteiger partial charge in [-0.05, 0) is 18.4 Å². The van der Waals surface area contributed by atoms with E-state index in [1.165, 1.54) is 24.8 Å². The number of rotatable bonds is 5. The zero-order valence-corrected chi connectivity index (χ0v) is 10.6. The molecule has 1 aliphatic heterocycles. The summed E-state index contributed by atoms with van der Waals surface area (Å²) >= 11 is 0. The van der Waals surface area contributed by atoms with E-state index in [0.717, 1.165) is 12.8 Å². The molecule has 2 atom stereocenters. The summed E-state index contributed by atoms with van der Waals surface area (Å²) in [5, 5.41) is 0. The van der Waals surface area contributed by atoms with Crippen molar-refractivity contribution in [1.82, 2.24) is 0 Å². The van der Waals surface area contributed by atoms with E-state index in [1.54, 1.807) is 0 Å². The fourth-order valence-electron chi connectivity index (χ4n) is 2.31. The van der Waals surface area contributed by atoms with E-state index in [0.29, 0.717) is 6.10 Å². The molecule has 0 spiro atoms. The van der Waals surface area contributed by atoms with Gasteiger partial charge in [-0.1, -0.05) is 62.2 Å². The average molecular weight is 230 g/mol. The Balaban J connectivity index is 1.85. The summed E-state index contributed by atoms with van der Waals surface area (Å²) in [5.74, 6) is 0. The van der Waals surface area contributed by atoms with Gasteiger partial charge in [0, 0.05) is 6.42 Å². The summed E-state index contributed by atoms with van der Waals surface area (Å²) in [4.78, 5) is 0. The highest BCUT2D eigenvalue weighted by atomic mass is 16.5. The molecule has 0 saturated carbocycles. The van der Waals surface area contributed by atoms with Gasteiger partial charge in [-0.15, -0.1) is 0 Å². The van der Waals surface area contributed by atoms with E-state index < -0.39 is 0 Å². The van der Waals surface area contributed by atoms with E-state index in [4.69, 9.17) is 4.74 Å². The van der Waals surface area contributed by atoms with Crippen LogP contribution in [0, 0.1) is 0 Å². The monoisotopic (exact) mass is 230 g/mol. The van der Waals surface area contributed by atoms with Crippen molar-refractivity contribution in [2.45, 2.75) is 51.2 Å². The Hall–Kier alpha value is -1.08. The number of unbranched alkanes of at least 4 members (excludes halogenated alkanes) is 1. The van der Waals surface area contributed by atoms with Crippen LogP contribution >= 0.6 is 0 Å². The molecule has 1 aromatic carbocycles. The highest BCUT2D eigenvalue weighted by Gasteiger charge is 2.17. The van der Waals surface area contributed by atoms with Crippen molar-refractivity contribution in [3.63, 3.8) is 0 Å². The summed E-state index contributed by atoms with van der Waals surface area (Å²) < 4.78 is 6.11. The maximum atomic E-state index is 6.11. The van der Waals surface area contributed by atoms with Crippen LogP contribution in [0.15, 0.2) is 42.5 Å². The molecule has 0 unspecified atom stereocenters. The second-order valence-corrected chi connectivity index (χ2v) is 4.79. The Morgan fingerprint density at radius 1 is 1.24 bits per heavy atom. The van der Waals surface area contributed by atoms with Crippen molar-refractivity contribution >= 4 is 0 Å². The molecule has 0 aromatic heterocycles. The Morgan fingerprint density at radius 3 is 2.82 bits per heavy atom. The van der Waals surface area contributed by atoms with Crippen LogP contribution in [0.1, 0.15) is 38.2 Å². The molecule has 0 saturated heterocycles. The van der Waals surface area contributed by atoms with Crippen molar-refractivity contribution in [2.75, 3.05) is 0 Å². The standard InChI is InChI=1S/C16H22O/c1-2-3-10-15-11-7-12-16(17-15)13-14-8-5-4-6-9-14/h4-9,12,15-16H,2-3,10-11,13H2,1H3/t15-,16-/m0/s1. The minimum atomic E-state index is 0.271. The quantitative estimate of drug-likeness (QED) is 0.691. The third-order valence-electron chi connectivity index (χ3n) is 3.28. The number of hydrogen-bond acceptors (Lipinski definition) is 1. The van der Waals surface area contributed by atoms with Crippen LogP contribution in [0.2, 0.25) is 0 Å². The van der Waals surface area contributed by atoms with E-state index in [9.17, 15) is 0 Å². The molecule has 0 aliphatic carbocycles. The van der Waals surface area contributed by atoms with Crippen LogP contribution < -0.4 is 0 Å². The molecule has 1 nitrogen and oxygen atoms in total. The van der Waals surface area contributed by atoms with Gasteiger partial charge in [0.15, 0.2) is 0 Å². The normalized spacial score (nSPS) is 23.8. The van der Waals surface area contributed by atoms with Gasteiger partial charge in [0.25, 0.3) is 0 Å². The largest absolute Gasteiger partial charge is 0.370 e. The summed E-state index contributed by atoms with van der Waals surface area (Å²) in [6.45, 7) is 2.24. The second kappa shape index (κ2) is 6.61. The fourth-order valence-corrected chi connectivity index (χ4v) is 2.31. The minimum absolute atomic E-state index is 0.271. The summed E-state index contributed by atoms with van der Waals surface area (Å²) in [5.41, 5.74) is 1.36. The molecule has 92 valence electrons. The average Bonchev–Trinajstić information content (AvgIpc) is 2.38. The summed E-state index contributed by atoms with van der Waals surface area (Å²) in [6.07, 6.45) is 11.0. The van der Waals surface area contributed by atoms with Crippen molar-refractivity contribution in [3.8, 4) is 0 Å². The molecule has 1 heteroatoms. The van der Waals surface area contributed by atoms with E-state index >= 15 is 0 Å². The third-order valence-corrected chi connectivity index (χ3v) is 3.28. The molecule has 0 radical (unpaired) electrons. The van der Waals surface area contributed by atoms with Crippen LogP contribution in [0.25, 0.3) is 0 Å². The van der Waals surface area contributed by atoms with E-state index in [-0.39, 0.29) is 6.10 Å². The first-order valence-corrected chi connectivity index (χ1v) is 6.74. The second-order valence-electron chi connectivity index (χ2n) is 4.79. The van der Waals surface area contributed by atoms with E-state index in [1.807, 2.05) is 0 Å². The zero-order valence-electron chi connectivity index (χ0n) is 10.6. The van der Waals surface area contributed by atoms with Gasteiger partial charge in [-0.2, -0.15) is 0 Å². The van der Waals surface area contributed by atoms with Crippen LogP contribution in [0.5, 0.6) is 0 Å². The molecule has 2 rings (SSSR count). The SMILES string of the molecule is CCCC[C@H]1CC=C[C@@H](Cc2ccccc2)O1. The third kappa shape index (κ3) is 4.01. The molecular formula is C16H22O. The first-order valence-electron chi connectivity index (χ1n) is 6.74. The predicted octanol–water partition coefficient (Wildman–Crippen LogP) is 4.13. The molecule has 0 N–H and O–H groups in total. The van der Waals surface area contributed by atoms with Gasteiger partial charge in [-0.3, -0.25) is 0 Å². The Bertz CT molecular complexity index is 342. The van der Waals surface area contributed by atoms with E-state index in [2.05, 4.69) is 49.4 Å². The van der Waals surface area contributed by atoms with Gasteiger partial charge in [-0.25, -0.2) is 0 Å². The van der Waals surface area contributed by atoms with Gasteiger partial charge in [0.05, 0.1) is 12.2 Å². The van der Waals surface area contributed by atoms with Gasteiger partial charge < -0.3 is 4.74 Å². The molecule has 1 aromatic rings. The van der Waals surface area contributed by atoms with Crippen molar-refractivity contribution < 1.29 is 4.74 Å². The lowest BCUT2D eigenvalue weighted by atomic mass is 10.0. The van der Waals surface area contributed by atoms with Crippen LogP contribution in [-0.2, 0) is 11.2 Å². The summed E-state index contributed by atoms with van der Waals surface area (Å²) in [7, 11) is 0. The molecule has 1 heterocycles. The maximum Gasteiger partial charge on any atom is 0.0800 e. The van der Waals surface area contributed by atoms with Crippen LogP contribution in [0.3, 0.4) is 0 Å². The molecule has 0 bridgehead atoms. The summed E-state index contributed by atoms with van der Waals surface area (Å²) in [6, 6.07) is 10.6. The highest BCUT2D eigenvalue weighted by molar-refractivity contribution is 5.17. The Morgan fingerprint density at radius 2 is 2.06 bits per heavy atom. The number of benzene rings is 1. The van der Waals surface area contributed by atoms with Gasteiger partial charge >= 0.3 is 0 Å². The molecule has 17 heavy (non-hydrogen) atoms. The topological polar surface area (TPSA) is 9.23 Å². The highest BCUT2D eigenvalue weighted by Crippen LogP contribution is 2.20. The van der Waals surface area contributed by atoms with Gasteiger partial charge in [0.1, 0.15) is 0 Å².